The van der Waals surface area contributed by atoms with Crippen LogP contribution >= 0.6 is 0 Å². The number of rotatable bonds is 8. The van der Waals surface area contributed by atoms with Gasteiger partial charge < -0.3 is 10.6 Å². The van der Waals surface area contributed by atoms with Crippen LogP contribution in [0, 0.1) is 0 Å². The topological polar surface area (TPSA) is 63.4 Å². The Morgan fingerprint density at radius 2 is 1.96 bits per heavy atom. The molecule has 0 saturated carbocycles. The van der Waals surface area contributed by atoms with Crippen molar-refractivity contribution < 1.29 is 8.42 Å². The molecule has 0 amide bonds. The van der Waals surface area contributed by atoms with Gasteiger partial charge in [0, 0.05) is 37.3 Å². The van der Waals surface area contributed by atoms with Gasteiger partial charge in [0.1, 0.15) is 12.7 Å². The third-order valence-corrected chi connectivity index (χ3v) is 6.96. The van der Waals surface area contributed by atoms with E-state index in [1.807, 2.05) is 42.5 Å². The molecule has 5 nitrogen and oxygen atoms in total. The van der Waals surface area contributed by atoms with Gasteiger partial charge in [-0.15, -0.1) is 0 Å². The van der Waals surface area contributed by atoms with E-state index in [0.29, 0.717) is 13.1 Å². The molecule has 0 aromatic heterocycles. The molecule has 1 aromatic carbocycles. The van der Waals surface area contributed by atoms with Gasteiger partial charge in [-0.1, -0.05) is 18.2 Å². The summed E-state index contributed by atoms with van der Waals surface area (Å²) in [6, 6.07) is 7.74. The summed E-state index contributed by atoms with van der Waals surface area (Å²) in [5.41, 5.74) is 8.34. The molecule has 1 unspecified atom stereocenters. The number of hydrogen-bond acceptors (Lipinski definition) is 4. The van der Waals surface area contributed by atoms with E-state index < -0.39 is 10.0 Å². The molecule has 0 radical (unpaired) electrons. The summed E-state index contributed by atoms with van der Waals surface area (Å²) in [5.74, 6) is 0.0642. The fraction of sp³-hybridized carbons (Fsp3) is 0.400. The van der Waals surface area contributed by atoms with Gasteiger partial charge in [0.15, 0.2) is 5.69 Å². The molecule has 142 valence electrons. The smallest absolute Gasteiger partial charge is 0.306 e. The molecule has 26 heavy (non-hydrogen) atoms. The maximum atomic E-state index is 13.0. The Kier molecular flexibility index (Phi) is 6.81. The van der Waals surface area contributed by atoms with Crippen LogP contribution in [-0.2, 0) is 10.0 Å². The van der Waals surface area contributed by atoms with Gasteiger partial charge in [0.25, 0.3) is 0 Å². The minimum Gasteiger partial charge on any atom is -0.378 e. The van der Waals surface area contributed by atoms with Gasteiger partial charge in [-0.2, -0.15) is 12.3 Å². The fourth-order valence-corrected chi connectivity index (χ4v) is 4.60. The van der Waals surface area contributed by atoms with E-state index in [9.17, 15) is 8.42 Å². The average Bonchev–Trinajstić information content (AvgIpc) is 2.68. The first-order chi connectivity index (χ1) is 12.4. The van der Waals surface area contributed by atoms with Crippen LogP contribution in [-0.4, -0.2) is 45.2 Å². The van der Waals surface area contributed by atoms with Crippen molar-refractivity contribution in [3.05, 3.63) is 60.0 Å². The molecule has 0 bridgehead atoms. The molecule has 2 N–H and O–H groups in total. The summed E-state index contributed by atoms with van der Waals surface area (Å²) < 4.78 is 25.9. The summed E-state index contributed by atoms with van der Waals surface area (Å²) in [7, 11) is -3.42. The maximum Gasteiger partial charge on any atom is 0.306 e. The van der Waals surface area contributed by atoms with Gasteiger partial charge in [-0.05, 0) is 44.7 Å². The first-order valence-electron chi connectivity index (χ1n) is 9.14. The summed E-state index contributed by atoms with van der Waals surface area (Å²) in [5, 5.41) is 0. The molecular weight excluding hydrogens is 346 g/mol. The fourth-order valence-electron chi connectivity index (χ4n) is 3.10. The lowest BCUT2D eigenvalue weighted by molar-refractivity contribution is 0.421. The van der Waals surface area contributed by atoms with Crippen molar-refractivity contribution in [3.8, 4) is 0 Å². The Bertz CT molecular complexity index is 808. The van der Waals surface area contributed by atoms with E-state index >= 15 is 0 Å². The molecule has 0 aliphatic carbocycles. The summed E-state index contributed by atoms with van der Waals surface area (Å²) in [6.07, 6.45) is 9.67. The zero-order valence-corrected chi connectivity index (χ0v) is 16.7. The minimum atomic E-state index is -3.42. The first kappa shape index (κ1) is 20.4. The summed E-state index contributed by atoms with van der Waals surface area (Å²) in [4.78, 5) is 2.19. The molecule has 0 saturated heterocycles. The third kappa shape index (κ3) is 4.09. The SMILES string of the molecule is CCN(C=Cc1cccc([N+]2(S(=O)(=O)CC)C=C(CN)C=CC2)c1)CC. The van der Waals surface area contributed by atoms with Crippen molar-refractivity contribution in [2.24, 2.45) is 5.73 Å². The molecule has 2 rings (SSSR count). The molecule has 1 aliphatic rings. The summed E-state index contributed by atoms with van der Waals surface area (Å²) >= 11 is 0. The Labute approximate surface area is 157 Å². The van der Waals surface area contributed by atoms with E-state index in [1.165, 1.54) is 0 Å². The zero-order valence-electron chi connectivity index (χ0n) is 15.9. The standard InChI is InChI=1S/C20H30N3O2S/c1-4-22(5-2)13-12-18-9-7-11-20(15-18)23(26(24,25)6-3)14-8-10-19(16-21)17-23/h7-13,15,17H,4-6,14,16,21H2,1-3H3/q+1. The number of quaternary nitrogens is 1. The molecule has 0 spiro atoms. The van der Waals surface area contributed by atoms with Crippen molar-refractivity contribution in [2.75, 3.05) is 31.9 Å². The largest absolute Gasteiger partial charge is 0.378 e. The van der Waals surface area contributed by atoms with Crippen LogP contribution < -0.4 is 9.62 Å². The monoisotopic (exact) mass is 376 g/mol. The van der Waals surface area contributed by atoms with Crippen molar-refractivity contribution >= 4 is 21.8 Å². The molecule has 6 heteroatoms. The van der Waals surface area contributed by atoms with Crippen molar-refractivity contribution in [2.45, 2.75) is 20.8 Å². The van der Waals surface area contributed by atoms with Crippen LogP contribution in [0.15, 0.2) is 54.4 Å². The lowest BCUT2D eigenvalue weighted by Gasteiger charge is -2.34. The number of hydrogen-bond donors (Lipinski definition) is 1. The third-order valence-electron chi connectivity index (χ3n) is 4.78. The van der Waals surface area contributed by atoms with Crippen LogP contribution in [0.2, 0.25) is 0 Å². The lowest BCUT2D eigenvalue weighted by Crippen LogP contribution is -2.51. The van der Waals surface area contributed by atoms with Crippen molar-refractivity contribution in [1.82, 2.24) is 8.79 Å². The summed E-state index contributed by atoms with van der Waals surface area (Å²) in [6.45, 7) is 8.47. The molecule has 1 aliphatic heterocycles. The number of sulfonamides is 1. The quantitative estimate of drug-likeness (QED) is 0.708. The van der Waals surface area contributed by atoms with Crippen LogP contribution in [0.3, 0.4) is 0 Å². The lowest BCUT2D eigenvalue weighted by atomic mass is 10.1. The van der Waals surface area contributed by atoms with Crippen molar-refractivity contribution in [3.63, 3.8) is 0 Å². The van der Waals surface area contributed by atoms with Gasteiger partial charge in [0.2, 0.25) is 0 Å². The highest BCUT2D eigenvalue weighted by Gasteiger charge is 2.42. The van der Waals surface area contributed by atoms with Crippen LogP contribution in [0.25, 0.3) is 6.08 Å². The van der Waals surface area contributed by atoms with Gasteiger partial charge in [-0.25, -0.2) is 0 Å². The molecular formula is C20H30N3O2S+. The van der Waals surface area contributed by atoms with Crippen LogP contribution in [0.1, 0.15) is 26.3 Å². The molecule has 0 fully saturated rings. The number of benzene rings is 1. The maximum absolute atomic E-state index is 13.0. The predicted molar refractivity (Wildman–Crippen MR) is 111 cm³/mol. The van der Waals surface area contributed by atoms with Gasteiger partial charge in [-0.3, -0.25) is 0 Å². The zero-order chi connectivity index (χ0) is 19.2. The van der Waals surface area contributed by atoms with E-state index in [0.717, 1.165) is 29.9 Å². The number of nitrogens with two attached hydrogens (primary N) is 1. The van der Waals surface area contributed by atoms with Crippen LogP contribution in [0.5, 0.6) is 0 Å². The minimum absolute atomic E-state index is 0.0642. The van der Waals surface area contributed by atoms with E-state index in [-0.39, 0.29) is 9.64 Å². The highest BCUT2D eigenvalue weighted by atomic mass is 32.2. The predicted octanol–water partition coefficient (Wildman–Crippen LogP) is 3.07. The second kappa shape index (κ2) is 8.66. The van der Waals surface area contributed by atoms with Gasteiger partial charge >= 0.3 is 10.0 Å². The van der Waals surface area contributed by atoms with Crippen LogP contribution in [0.4, 0.5) is 5.69 Å². The number of nitrogens with zero attached hydrogens (tertiary/aromatic N) is 2. The highest BCUT2D eigenvalue weighted by Crippen LogP contribution is 2.33. The normalized spacial score (nSPS) is 20.4. The average molecular weight is 377 g/mol. The second-order valence-electron chi connectivity index (χ2n) is 6.29. The Hall–Kier alpha value is -1.89. The Morgan fingerprint density at radius 1 is 1.23 bits per heavy atom. The first-order valence-corrected chi connectivity index (χ1v) is 10.7. The highest BCUT2D eigenvalue weighted by molar-refractivity contribution is 7.91. The Balaban J connectivity index is 2.53. The molecule has 1 atom stereocenters. The van der Waals surface area contributed by atoms with Gasteiger partial charge in [0.05, 0.1) is 5.75 Å². The molecule has 1 heterocycles. The van der Waals surface area contributed by atoms with Crippen molar-refractivity contribution in [1.29, 1.82) is 0 Å². The Morgan fingerprint density at radius 3 is 2.58 bits per heavy atom. The van der Waals surface area contributed by atoms with E-state index in [4.69, 9.17) is 5.73 Å². The second-order valence-corrected chi connectivity index (χ2v) is 8.68. The van der Waals surface area contributed by atoms with E-state index in [2.05, 4.69) is 24.9 Å². The van der Waals surface area contributed by atoms with E-state index in [1.54, 1.807) is 13.1 Å². The molecule has 1 aromatic rings.